The summed E-state index contributed by atoms with van der Waals surface area (Å²) in [4.78, 5) is 27.5. The van der Waals surface area contributed by atoms with Crippen LogP contribution < -0.4 is 5.32 Å². The minimum Gasteiger partial charge on any atom is -0.349 e. The number of benzene rings is 1. The summed E-state index contributed by atoms with van der Waals surface area (Å²) >= 11 is 1.49. The van der Waals surface area contributed by atoms with Gasteiger partial charge in [-0.1, -0.05) is 12.1 Å². The highest BCUT2D eigenvalue weighted by atomic mass is 32.1. The van der Waals surface area contributed by atoms with Crippen LogP contribution in [-0.4, -0.2) is 50.2 Å². The molecule has 5 rings (SSSR count). The molecule has 4 heterocycles. The fourth-order valence-corrected chi connectivity index (χ4v) is 4.71. The Hall–Kier alpha value is -3.72. The number of nitrogens with one attached hydrogen (secondary N) is 1. The van der Waals surface area contributed by atoms with E-state index in [2.05, 4.69) is 10.4 Å². The van der Waals surface area contributed by atoms with Gasteiger partial charge in [-0.3, -0.25) is 9.59 Å². The summed E-state index contributed by atoms with van der Waals surface area (Å²) in [5.74, 6) is -0.177. The van der Waals surface area contributed by atoms with Gasteiger partial charge in [0.1, 0.15) is 17.1 Å². The SMILES string of the molecule is O=C(NC1CCN(C(=O)c2cnn(-c3ccccc3F)c2-n2cccc2)CC1)c1ccsc1. The van der Waals surface area contributed by atoms with Crippen molar-refractivity contribution in [1.82, 2.24) is 24.6 Å². The molecule has 7 nitrogen and oxygen atoms in total. The number of thiophene rings is 1. The number of piperidine rings is 1. The molecule has 4 aromatic rings. The van der Waals surface area contributed by atoms with E-state index >= 15 is 0 Å². The van der Waals surface area contributed by atoms with E-state index in [0.29, 0.717) is 42.9 Å². The van der Waals surface area contributed by atoms with Crippen molar-refractivity contribution >= 4 is 23.2 Å². The third kappa shape index (κ3) is 4.19. The molecule has 1 saturated heterocycles. The van der Waals surface area contributed by atoms with Crippen LogP contribution in [0, 0.1) is 5.82 Å². The quantitative estimate of drug-likeness (QED) is 0.488. The number of para-hydroxylation sites is 1. The van der Waals surface area contributed by atoms with Gasteiger partial charge in [0, 0.05) is 42.5 Å². The Morgan fingerprint density at radius 3 is 2.52 bits per heavy atom. The van der Waals surface area contributed by atoms with Gasteiger partial charge < -0.3 is 14.8 Å². The first-order valence-electron chi connectivity index (χ1n) is 10.7. The summed E-state index contributed by atoms with van der Waals surface area (Å²) in [6, 6.07) is 11.9. The minimum absolute atomic E-state index is 0.0199. The molecule has 33 heavy (non-hydrogen) atoms. The first kappa shape index (κ1) is 21.1. The Morgan fingerprint density at radius 1 is 1.06 bits per heavy atom. The molecule has 1 aliphatic heterocycles. The molecular formula is C24H22FN5O2S. The van der Waals surface area contributed by atoms with E-state index in [1.165, 1.54) is 28.3 Å². The van der Waals surface area contributed by atoms with Gasteiger partial charge >= 0.3 is 0 Å². The molecule has 3 aromatic heterocycles. The lowest BCUT2D eigenvalue weighted by Crippen LogP contribution is -2.46. The topological polar surface area (TPSA) is 72.2 Å². The van der Waals surface area contributed by atoms with Crippen LogP contribution in [0.5, 0.6) is 0 Å². The molecule has 168 valence electrons. The third-order valence-electron chi connectivity index (χ3n) is 5.80. The average Bonchev–Trinajstić information content (AvgIpc) is 3.61. The van der Waals surface area contributed by atoms with Crippen molar-refractivity contribution in [2.75, 3.05) is 13.1 Å². The van der Waals surface area contributed by atoms with Crippen molar-refractivity contribution < 1.29 is 14.0 Å². The number of likely N-dealkylation sites (tertiary alicyclic amines) is 1. The van der Waals surface area contributed by atoms with Gasteiger partial charge in [0.05, 0.1) is 6.20 Å². The van der Waals surface area contributed by atoms with Gasteiger partial charge in [-0.2, -0.15) is 16.4 Å². The largest absolute Gasteiger partial charge is 0.349 e. The van der Waals surface area contributed by atoms with Crippen molar-refractivity contribution in [2.45, 2.75) is 18.9 Å². The van der Waals surface area contributed by atoms with Gasteiger partial charge in [-0.25, -0.2) is 9.07 Å². The summed E-state index contributed by atoms with van der Waals surface area (Å²) in [5.41, 5.74) is 1.33. The number of carbonyl (C=O) groups excluding carboxylic acids is 2. The molecular weight excluding hydrogens is 441 g/mol. The molecule has 1 fully saturated rings. The minimum atomic E-state index is -0.421. The molecule has 0 saturated carbocycles. The van der Waals surface area contributed by atoms with Crippen molar-refractivity contribution in [3.8, 4) is 11.5 Å². The summed E-state index contributed by atoms with van der Waals surface area (Å²) in [5, 5.41) is 11.1. The summed E-state index contributed by atoms with van der Waals surface area (Å²) in [6.07, 6.45) is 6.44. The summed E-state index contributed by atoms with van der Waals surface area (Å²) in [7, 11) is 0. The van der Waals surface area contributed by atoms with Crippen LogP contribution in [0.3, 0.4) is 0 Å². The van der Waals surface area contributed by atoms with Crippen LogP contribution in [0.25, 0.3) is 11.5 Å². The number of nitrogens with zero attached hydrogens (tertiary/aromatic N) is 4. The molecule has 1 aromatic carbocycles. The number of amides is 2. The average molecular weight is 464 g/mol. The molecule has 2 amide bonds. The maximum atomic E-state index is 14.5. The second-order valence-corrected chi connectivity index (χ2v) is 8.67. The molecule has 9 heteroatoms. The maximum Gasteiger partial charge on any atom is 0.259 e. The highest BCUT2D eigenvalue weighted by Gasteiger charge is 2.29. The van der Waals surface area contributed by atoms with Crippen molar-refractivity contribution in [2.24, 2.45) is 0 Å². The van der Waals surface area contributed by atoms with Crippen LogP contribution >= 0.6 is 11.3 Å². The van der Waals surface area contributed by atoms with Crippen LogP contribution in [0.1, 0.15) is 33.6 Å². The number of hydrogen-bond acceptors (Lipinski definition) is 4. The molecule has 0 unspecified atom stereocenters. The summed E-state index contributed by atoms with van der Waals surface area (Å²) in [6.45, 7) is 1.03. The predicted molar refractivity (Wildman–Crippen MR) is 124 cm³/mol. The second-order valence-electron chi connectivity index (χ2n) is 7.89. The van der Waals surface area contributed by atoms with Gasteiger partial charge in [-0.15, -0.1) is 0 Å². The van der Waals surface area contributed by atoms with Crippen LogP contribution in [-0.2, 0) is 0 Å². The van der Waals surface area contributed by atoms with E-state index in [0.717, 1.165) is 0 Å². The Labute approximate surface area is 194 Å². The lowest BCUT2D eigenvalue weighted by atomic mass is 10.0. The molecule has 0 bridgehead atoms. The Morgan fingerprint density at radius 2 is 1.82 bits per heavy atom. The Kier molecular flexibility index (Phi) is 5.78. The molecule has 1 N–H and O–H groups in total. The fraction of sp³-hybridized carbons (Fsp3) is 0.208. The monoisotopic (exact) mass is 463 g/mol. The van der Waals surface area contributed by atoms with Crippen molar-refractivity contribution in [3.63, 3.8) is 0 Å². The molecule has 0 radical (unpaired) electrons. The van der Waals surface area contributed by atoms with Gasteiger partial charge in [0.15, 0.2) is 5.82 Å². The predicted octanol–water partition coefficient (Wildman–Crippen LogP) is 3.90. The lowest BCUT2D eigenvalue weighted by molar-refractivity contribution is 0.0698. The van der Waals surface area contributed by atoms with Gasteiger partial charge in [0.2, 0.25) is 0 Å². The number of halogens is 1. The fourth-order valence-electron chi connectivity index (χ4n) is 4.08. The summed E-state index contributed by atoms with van der Waals surface area (Å²) < 4.78 is 17.7. The first-order valence-corrected chi connectivity index (χ1v) is 11.6. The first-order chi connectivity index (χ1) is 16.1. The number of aromatic nitrogens is 3. The highest BCUT2D eigenvalue weighted by molar-refractivity contribution is 7.08. The van der Waals surface area contributed by atoms with Crippen LogP contribution in [0.4, 0.5) is 4.39 Å². The zero-order valence-electron chi connectivity index (χ0n) is 17.7. The van der Waals surface area contributed by atoms with Crippen molar-refractivity contribution in [3.05, 3.63) is 88.8 Å². The van der Waals surface area contributed by atoms with Crippen LogP contribution in [0.15, 0.2) is 71.8 Å². The lowest BCUT2D eigenvalue weighted by Gasteiger charge is -2.32. The Bertz CT molecular complexity index is 1260. The van der Waals surface area contributed by atoms with Gasteiger partial charge in [-0.05, 0) is 48.6 Å². The van der Waals surface area contributed by atoms with E-state index in [4.69, 9.17) is 0 Å². The maximum absolute atomic E-state index is 14.5. The van der Waals surface area contributed by atoms with Crippen LogP contribution in [0.2, 0.25) is 0 Å². The molecule has 0 spiro atoms. The van der Waals surface area contributed by atoms with Gasteiger partial charge in [0.25, 0.3) is 11.8 Å². The van der Waals surface area contributed by atoms with E-state index in [-0.39, 0.29) is 23.5 Å². The third-order valence-corrected chi connectivity index (χ3v) is 6.49. The zero-order chi connectivity index (χ0) is 22.8. The van der Waals surface area contributed by atoms with E-state index in [1.54, 1.807) is 46.1 Å². The van der Waals surface area contributed by atoms with E-state index in [9.17, 15) is 14.0 Å². The number of carbonyl (C=O) groups is 2. The van der Waals surface area contributed by atoms with E-state index < -0.39 is 5.82 Å². The molecule has 0 aliphatic carbocycles. The number of rotatable bonds is 5. The zero-order valence-corrected chi connectivity index (χ0v) is 18.5. The normalized spacial score (nSPS) is 14.4. The smallest absolute Gasteiger partial charge is 0.259 e. The van der Waals surface area contributed by atoms with Crippen molar-refractivity contribution in [1.29, 1.82) is 0 Å². The standard InChI is InChI=1S/C24H22FN5O2S/c25-20-5-1-2-6-21(20)30-23(28-10-3-4-11-28)19(15-26-30)24(32)29-12-7-18(8-13-29)27-22(31)17-9-14-33-16-17/h1-6,9-11,14-16,18H,7-8,12-13H2,(H,27,31). The van der Waals surface area contributed by atoms with E-state index in [1.807, 2.05) is 22.9 Å². The Balaban J connectivity index is 1.35. The molecule has 0 atom stereocenters. The molecule has 1 aliphatic rings. The second kappa shape index (κ2) is 9.03. The highest BCUT2D eigenvalue weighted by Crippen LogP contribution is 2.24. The number of hydrogen-bond donors (Lipinski definition) is 1.